The number of hydrogen-bond acceptors (Lipinski definition) is 6. The Morgan fingerprint density at radius 3 is 2.55 bits per heavy atom. The number of carbonyl (C=O) groups excluding carboxylic acids is 1. The number of carbonyl (C=O) groups is 1. The largest absolute Gasteiger partial charge is 0.378 e. The minimum absolute atomic E-state index is 0.0755. The van der Waals surface area contributed by atoms with Gasteiger partial charge in [-0.3, -0.25) is 9.69 Å². The molecule has 0 N–H and O–H groups in total. The van der Waals surface area contributed by atoms with E-state index in [9.17, 15) is 4.79 Å². The average molecular weight is 551 g/mol. The number of amides is 1. The van der Waals surface area contributed by atoms with Gasteiger partial charge in [-0.05, 0) is 92.6 Å². The number of hydrogen-bond donors (Lipinski definition) is 0. The number of benzene rings is 2. The Labute approximate surface area is 235 Å². The maximum absolute atomic E-state index is 13.1. The van der Waals surface area contributed by atoms with Gasteiger partial charge in [-0.1, -0.05) is 24.6 Å². The van der Waals surface area contributed by atoms with Gasteiger partial charge in [0, 0.05) is 48.6 Å². The fourth-order valence-electron chi connectivity index (χ4n) is 5.32. The Kier molecular flexibility index (Phi) is 7.63. The molecule has 2 aromatic rings. The molecule has 3 aliphatic heterocycles. The SMILES string of the molecule is CCCN1c2cc(Cl)c(/C=C3/SC(=Nc4ccc(N5CCOCC5)cc4)N(C)C3=O)cc2C(C)=CC1(C)C. The molecular formula is C30H35ClN4O2S. The monoisotopic (exact) mass is 550 g/mol. The first kappa shape index (κ1) is 26.9. The summed E-state index contributed by atoms with van der Waals surface area (Å²) in [5.41, 5.74) is 6.27. The molecule has 0 atom stereocenters. The van der Waals surface area contributed by atoms with Crippen molar-refractivity contribution >= 4 is 63.1 Å². The number of amidine groups is 1. The molecule has 0 spiro atoms. The molecule has 3 heterocycles. The third kappa shape index (κ3) is 5.24. The Morgan fingerprint density at radius 2 is 1.87 bits per heavy atom. The number of aliphatic imine (C=N–C) groups is 1. The summed E-state index contributed by atoms with van der Waals surface area (Å²) in [5, 5.41) is 1.30. The second-order valence-electron chi connectivity index (χ2n) is 10.5. The molecule has 0 aromatic heterocycles. The van der Waals surface area contributed by atoms with Gasteiger partial charge in [0.05, 0.1) is 29.3 Å². The molecule has 8 heteroatoms. The van der Waals surface area contributed by atoms with E-state index in [0.717, 1.165) is 67.5 Å². The lowest BCUT2D eigenvalue weighted by molar-refractivity contribution is -0.121. The van der Waals surface area contributed by atoms with Gasteiger partial charge in [-0.15, -0.1) is 0 Å². The number of ether oxygens (including phenoxy) is 1. The smallest absolute Gasteiger partial charge is 0.266 e. The second kappa shape index (κ2) is 10.8. The number of likely N-dealkylation sites (N-methyl/N-ethyl adjacent to an activating group) is 1. The lowest BCUT2D eigenvalue weighted by Crippen LogP contribution is -2.45. The fourth-order valence-corrected chi connectivity index (χ4v) is 6.51. The van der Waals surface area contributed by atoms with E-state index in [4.69, 9.17) is 21.3 Å². The van der Waals surface area contributed by atoms with Gasteiger partial charge >= 0.3 is 0 Å². The molecule has 6 nitrogen and oxygen atoms in total. The number of morpholine rings is 1. The predicted octanol–water partition coefficient (Wildman–Crippen LogP) is 6.82. The normalized spacial score (nSPS) is 21.4. The van der Waals surface area contributed by atoms with E-state index >= 15 is 0 Å². The molecule has 0 unspecified atom stereocenters. The average Bonchev–Trinajstić information content (AvgIpc) is 3.15. The van der Waals surface area contributed by atoms with Crippen LogP contribution in [-0.2, 0) is 9.53 Å². The van der Waals surface area contributed by atoms with Gasteiger partial charge in [-0.25, -0.2) is 4.99 Å². The minimum Gasteiger partial charge on any atom is -0.378 e. The highest BCUT2D eigenvalue weighted by atomic mass is 35.5. The lowest BCUT2D eigenvalue weighted by atomic mass is 9.87. The Balaban J connectivity index is 1.41. The number of thioether (sulfide) groups is 1. The van der Waals surface area contributed by atoms with E-state index in [2.05, 4.69) is 67.8 Å². The van der Waals surface area contributed by atoms with Crippen molar-refractivity contribution in [2.75, 3.05) is 49.7 Å². The molecule has 5 rings (SSSR count). The maximum Gasteiger partial charge on any atom is 0.266 e. The first-order valence-corrected chi connectivity index (χ1v) is 14.4. The summed E-state index contributed by atoms with van der Waals surface area (Å²) < 4.78 is 5.45. The van der Waals surface area contributed by atoms with Crippen LogP contribution in [0.1, 0.15) is 45.2 Å². The maximum atomic E-state index is 13.1. The van der Waals surface area contributed by atoms with Gasteiger partial charge in [-0.2, -0.15) is 0 Å². The van der Waals surface area contributed by atoms with Crippen LogP contribution in [0.5, 0.6) is 0 Å². The molecule has 3 aliphatic rings. The third-order valence-electron chi connectivity index (χ3n) is 7.28. The van der Waals surface area contributed by atoms with Crippen molar-refractivity contribution in [1.29, 1.82) is 0 Å². The summed E-state index contributed by atoms with van der Waals surface area (Å²) in [6.07, 6.45) is 5.26. The molecule has 200 valence electrons. The number of halogens is 1. The molecular weight excluding hydrogens is 516 g/mol. The molecule has 0 bridgehead atoms. The van der Waals surface area contributed by atoms with Crippen molar-refractivity contribution in [3.8, 4) is 0 Å². The fraction of sp³-hybridized carbons (Fsp3) is 0.400. The van der Waals surface area contributed by atoms with Crippen molar-refractivity contribution in [2.45, 2.75) is 39.7 Å². The first-order valence-electron chi connectivity index (χ1n) is 13.2. The molecule has 2 saturated heterocycles. The lowest BCUT2D eigenvalue weighted by Gasteiger charge is -2.43. The van der Waals surface area contributed by atoms with Crippen LogP contribution in [0.4, 0.5) is 17.1 Å². The predicted molar refractivity (Wildman–Crippen MR) is 162 cm³/mol. The summed E-state index contributed by atoms with van der Waals surface area (Å²) in [4.78, 5) is 24.8. The van der Waals surface area contributed by atoms with Crippen LogP contribution in [0, 0.1) is 0 Å². The van der Waals surface area contributed by atoms with Crippen molar-refractivity contribution in [2.24, 2.45) is 4.99 Å². The Hall–Kier alpha value is -2.74. The van der Waals surface area contributed by atoms with Crippen LogP contribution in [-0.4, -0.2) is 61.4 Å². The van der Waals surface area contributed by atoms with Gasteiger partial charge in [0.1, 0.15) is 0 Å². The van der Waals surface area contributed by atoms with E-state index in [1.807, 2.05) is 18.2 Å². The summed E-state index contributed by atoms with van der Waals surface area (Å²) in [5.74, 6) is -0.0755. The van der Waals surface area contributed by atoms with Crippen molar-refractivity contribution < 1.29 is 9.53 Å². The van der Waals surface area contributed by atoms with Gasteiger partial charge in [0.2, 0.25) is 0 Å². The van der Waals surface area contributed by atoms with Crippen LogP contribution in [0.15, 0.2) is 52.4 Å². The topological polar surface area (TPSA) is 48.4 Å². The van der Waals surface area contributed by atoms with Crippen molar-refractivity contribution in [3.63, 3.8) is 0 Å². The number of nitrogens with zero attached hydrogens (tertiary/aromatic N) is 4. The highest BCUT2D eigenvalue weighted by Gasteiger charge is 2.33. The Bertz CT molecular complexity index is 1330. The van der Waals surface area contributed by atoms with E-state index < -0.39 is 0 Å². The van der Waals surface area contributed by atoms with Gasteiger partial charge < -0.3 is 14.5 Å². The quantitative estimate of drug-likeness (QED) is 0.382. The van der Waals surface area contributed by atoms with E-state index in [1.54, 1.807) is 11.9 Å². The van der Waals surface area contributed by atoms with Crippen molar-refractivity contribution in [3.05, 3.63) is 63.5 Å². The van der Waals surface area contributed by atoms with Crippen LogP contribution in [0.25, 0.3) is 11.6 Å². The zero-order valence-corrected chi connectivity index (χ0v) is 24.3. The summed E-state index contributed by atoms with van der Waals surface area (Å²) in [7, 11) is 1.77. The summed E-state index contributed by atoms with van der Waals surface area (Å²) in [6.45, 7) is 13.1. The highest BCUT2D eigenvalue weighted by Crippen LogP contribution is 2.43. The van der Waals surface area contributed by atoms with Crippen LogP contribution in [0.3, 0.4) is 0 Å². The summed E-state index contributed by atoms with van der Waals surface area (Å²) >= 11 is 8.19. The molecule has 1 amide bonds. The molecule has 0 radical (unpaired) electrons. The van der Waals surface area contributed by atoms with E-state index in [0.29, 0.717) is 15.1 Å². The van der Waals surface area contributed by atoms with Crippen molar-refractivity contribution in [1.82, 2.24) is 4.90 Å². The zero-order chi connectivity index (χ0) is 27.0. The Morgan fingerprint density at radius 1 is 1.16 bits per heavy atom. The zero-order valence-electron chi connectivity index (χ0n) is 22.8. The first-order chi connectivity index (χ1) is 18.2. The number of rotatable bonds is 5. The number of allylic oxidation sites excluding steroid dienone is 1. The molecule has 38 heavy (non-hydrogen) atoms. The minimum atomic E-state index is -0.0812. The molecule has 0 aliphatic carbocycles. The van der Waals surface area contributed by atoms with E-state index in [-0.39, 0.29) is 11.4 Å². The van der Waals surface area contributed by atoms with Crippen LogP contribution < -0.4 is 9.80 Å². The number of anilines is 2. The van der Waals surface area contributed by atoms with E-state index in [1.165, 1.54) is 17.3 Å². The third-order valence-corrected chi connectivity index (χ3v) is 8.67. The highest BCUT2D eigenvalue weighted by molar-refractivity contribution is 8.18. The summed E-state index contributed by atoms with van der Waals surface area (Å²) in [6, 6.07) is 12.3. The molecule has 0 saturated carbocycles. The molecule has 2 aromatic carbocycles. The van der Waals surface area contributed by atoms with Gasteiger partial charge in [0.15, 0.2) is 5.17 Å². The second-order valence-corrected chi connectivity index (χ2v) is 11.9. The van der Waals surface area contributed by atoms with Gasteiger partial charge in [0.25, 0.3) is 5.91 Å². The molecule has 2 fully saturated rings. The standard InChI is InChI=1S/C30H35ClN4O2S/c1-6-11-35-26-18-25(31)21(16-24(26)20(2)19-30(35,3)4)17-27-28(36)33(5)29(38-27)32-22-7-9-23(10-8-22)34-12-14-37-15-13-34/h7-10,16-19H,6,11-15H2,1-5H3/b27-17+,32-29?. The van der Waals surface area contributed by atoms with Crippen LogP contribution >= 0.6 is 23.4 Å². The number of fused-ring (bicyclic) bond motifs is 1. The van der Waals surface area contributed by atoms with Crippen LogP contribution in [0.2, 0.25) is 5.02 Å².